The summed E-state index contributed by atoms with van der Waals surface area (Å²) in [5.41, 5.74) is 0. The standard InChI is InChI=1S/C41H81NO5/c1-3-5-7-9-11-13-15-16-17-18-19-20-21-22-23-24-25-27-28-30-32-34-38(44)40(46)37(36-43)42-41(47)39(45)35-33-31-29-26-14-12-10-8-6-4-2/h10,12,37-40,43-46H,3-9,11,13-36H2,1-2H3,(H,42,47)/b12-10-. The molecule has 0 heterocycles. The summed E-state index contributed by atoms with van der Waals surface area (Å²) in [5, 5.41) is 43.5. The Labute approximate surface area is 292 Å². The van der Waals surface area contributed by atoms with Gasteiger partial charge in [-0.15, -0.1) is 0 Å². The van der Waals surface area contributed by atoms with Gasteiger partial charge in [-0.2, -0.15) is 0 Å². The van der Waals surface area contributed by atoms with Crippen LogP contribution < -0.4 is 5.32 Å². The van der Waals surface area contributed by atoms with E-state index in [9.17, 15) is 25.2 Å². The van der Waals surface area contributed by atoms with E-state index in [0.717, 1.165) is 57.8 Å². The maximum Gasteiger partial charge on any atom is 0.249 e. The number of hydrogen-bond donors (Lipinski definition) is 5. The maximum absolute atomic E-state index is 12.4. The number of aliphatic hydroxyl groups excluding tert-OH is 4. The van der Waals surface area contributed by atoms with Crippen LogP contribution in [0.15, 0.2) is 12.2 Å². The second kappa shape index (κ2) is 36.3. The topological polar surface area (TPSA) is 110 Å². The summed E-state index contributed by atoms with van der Waals surface area (Å²) in [6.07, 6.45) is 38.2. The van der Waals surface area contributed by atoms with E-state index >= 15 is 0 Å². The number of allylic oxidation sites excluding steroid dienone is 2. The molecule has 0 saturated carbocycles. The second-order valence-electron chi connectivity index (χ2n) is 14.3. The predicted molar refractivity (Wildman–Crippen MR) is 201 cm³/mol. The van der Waals surface area contributed by atoms with E-state index in [-0.39, 0.29) is 0 Å². The number of carbonyl (C=O) groups excluding carboxylic acids is 1. The van der Waals surface area contributed by atoms with Gasteiger partial charge in [-0.05, 0) is 32.1 Å². The van der Waals surface area contributed by atoms with Gasteiger partial charge in [0.25, 0.3) is 0 Å². The summed E-state index contributed by atoms with van der Waals surface area (Å²) >= 11 is 0. The monoisotopic (exact) mass is 668 g/mol. The van der Waals surface area contributed by atoms with Crippen molar-refractivity contribution in [2.75, 3.05) is 6.61 Å². The molecule has 4 atom stereocenters. The van der Waals surface area contributed by atoms with Gasteiger partial charge in [0.15, 0.2) is 0 Å². The molecule has 0 radical (unpaired) electrons. The molecule has 5 N–H and O–H groups in total. The van der Waals surface area contributed by atoms with Crippen LogP contribution in [-0.2, 0) is 4.79 Å². The van der Waals surface area contributed by atoms with Crippen molar-refractivity contribution in [2.24, 2.45) is 0 Å². The minimum Gasteiger partial charge on any atom is -0.394 e. The first-order valence-electron chi connectivity index (χ1n) is 20.6. The van der Waals surface area contributed by atoms with Gasteiger partial charge in [0.05, 0.1) is 18.8 Å². The SMILES string of the molecule is CCCC/C=C\CCCCCCC(O)C(=O)NC(CO)C(O)C(O)CCCCCCCCCCCCCCCCCCCCCCC. The Morgan fingerprint density at radius 3 is 1.30 bits per heavy atom. The van der Waals surface area contributed by atoms with Crippen LogP contribution in [0.1, 0.15) is 213 Å². The number of rotatable bonds is 37. The van der Waals surface area contributed by atoms with Gasteiger partial charge < -0.3 is 25.7 Å². The lowest BCUT2D eigenvalue weighted by atomic mass is 9.99. The zero-order valence-electron chi connectivity index (χ0n) is 31.3. The quantitative estimate of drug-likeness (QED) is 0.0335. The van der Waals surface area contributed by atoms with E-state index in [1.165, 1.54) is 128 Å². The van der Waals surface area contributed by atoms with Crippen molar-refractivity contribution in [1.82, 2.24) is 5.32 Å². The predicted octanol–water partition coefficient (Wildman–Crippen LogP) is 10.2. The number of nitrogens with one attached hydrogen (secondary N) is 1. The van der Waals surface area contributed by atoms with Crippen molar-refractivity contribution in [3.63, 3.8) is 0 Å². The minimum absolute atomic E-state index is 0.356. The minimum atomic E-state index is -1.26. The van der Waals surface area contributed by atoms with Crippen molar-refractivity contribution in [3.05, 3.63) is 12.2 Å². The molecule has 6 heteroatoms. The number of aliphatic hydroxyl groups is 4. The smallest absolute Gasteiger partial charge is 0.249 e. The lowest BCUT2D eigenvalue weighted by molar-refractivity contribution is -0.132. The van der Waals surface area contributed by atoms with Crippen LogP contribution in [0.4, 0.5) is 0 Å². The highest BCUT2D eigenvalue weighted by atomic mass is 16.3. The third-order valence-electron chi connectivity index (χ3n) is 9.73. The van der Waals surface area contributed by atoms with Gasteiger partial charge >= 0.3 is 0 Å². The van der Waals surface area contributed by atoms with E-state index in [2.05, 4.69) is 31.3 Å². The molecule has 0 bridgehead atoms. The van der Waals surface area contributed by atoms with Gasteiger partial charge in [-0.3, -0.25) is 4.79 Å². The fourth-order valence-electron chi connectivity index (χ4n) is 6.38. The molecule has 0 aliphatic carbocycles. The zero-order chi connectivity index (χ0) is 34.6. The fourth-order valence-corrected chi connectivity index (χ4v) is 6.38. The van der Waals surface area contributed by atoms with Gasteiger partial charge in [0.1, 0.15) is 12.2 Å². The number of amides is 1. The zero-order valence-corrected chi connectivity index (χ0v) is 31.3. The average molecular weight is 668 g/mol. The Kier molecular flexibility index (Phi) is 35.6. The molecule has 0 aromatic heterocycles. The van der Waals surface area contributed by atoms with Crippen LogP contribution in [-0.4, -0.2) is 57.3 Å². The molecule has 0 aliphatic heterocycles. The highest BCUT2D eigenvalue weighted by Crippen LogP contribution is 2.17. The Morgan fingerprint density at radius 1 is 0.511 bits per heavy atom. The Bertz CT molecular complexity index is 672. The van der Waals surface area contributed by atoms with Crippen LogP contribution >= 0.6 is 0 Å². The second-order valence-corrected chi connectivity index (χ2v) is 14.3. The Balaban J connectivity index is 3.69. The van der Waals surface area contributed by atoms with E-state index in [1.807, 2.05) is 0 Å². The van der Waals surface area contributed by atoms with Crippen molar-refractivity contribution in [3.8, 4) is 0 Å². The number of hydrogen-bond acceptors (Lipinski definition) is 5. The van der Waals surface area contributed by atoms with E-state index in [4.69, 9.17) is 0 Å². The van der Waals surface area contributed by atoms with Crippen molar-refractivity contribution in [2.45, 2.75) is 237 Å². The number of carbonyl (C=O) groups is 1. The summed E-state index contributed by atoms with van der Waals surface area (Å²) in [5.74, 6) is -0.594. The first-order chi connectivity index (χ1) is 23.0. The molecule has 1 amide bonds. The molecule has 0 fully saturated rings. The fraction of sp³-hybridized carbons (Fsp3) is 0.927. The molecule has 0 spiro atoms. The molecule has 0 rings (SSSR count). The maximum atomic E-state index is 12.4. The summed E-state index contributed by atoms with van der Waals surface area (Å²) in [6.45, 7) is 3.99. The number of unbranched alkanes of at least 4 members (excludes halogenated alkanes) is 26. The van der Waals surface area contributed by atoms with Gasteiger partial charge in [0, 0.05) is 0 Å². The summed E-state index contributed by atoms with van der Waals surface area (Å²) in [6, 6.07) is -0.985. The largest absolute Gasteiger partial charge is 0.394 e. The van der Waals surface area contributed by atoms with Gasteiger partial charge in [-0.25, -0.2) is 0 Å². The first kappa shape index (κ1) is 46.0. The normalized spacial score (nSPS) is 14.4. The van der Waals surface area contributed by atoms with Crippen LogP contribution in [0.3, 0.4) is 0 Å². The molecular formula is C41H81NO5. The summed E-state index contributed by atoms with van der Waals surface area (Å²) in [7, 11) is 0. The molecular weight excluding hydrogens is 586 g/mol. The van der Waals surface area contributed by atoms with Crippen LogP contribution in [0.25, 0.3) is 0 Å². The first-order valence-corrected chi connectivity index (χ1v) is 20.6. The highest BCUT2D eigenvalue weighted by Gasteiger charge is 2.28. The molecule has 0 aromatic rings. The lowest BCUT2D eigenvalue weighted by Crippen LogP contribution is -2.53. The van der Waals surface area contributed by atoms with Crippen molar-refractivity contribution in [1.29, 1.82) is 0 Å². The summed E-state index contributed by atoms with van der Waals surface area (Å²) < 4.78 is 0. The van der Waals surface area contributed by atoms with Crippen LogP contribution in [0, 0.1) is 0 Å². The van der Waals surface area contributed by atoms with E-state index in [0.29, 0.717) is 12.8 Å². The van der Waals surface area contributed by atoms with Crippen LogP contribution in [0.2, 0.25) is 0 Å². The van der Waals surface area contributed by atoms with Gasteiger partial charge in [-0.1, -0.05) is 193 Å². The lowest BCUT2D eigenvalue weighted by Gasteiger charge is -2.27. The van der Waals surface area contributed by atoms with E-state index in [1.54, 1.807) is 0 Å². The third-order valence-corrected chi connectivity index (χ3v) is 9.73. The molecule has 0 aliphatic rings. The molecule has 280 valence electrons. The molecule has 0 saturated heterocycles. The molecule has 47 heavy (non-hydrogen) atoms. The van der Waals surface area contributed by atoms with Crippen molar-refractivity contribution < 1.29 is 25.2 Å². The average Bonchev–Trinajstić information content (AvgIpc) is 3.07. The molecule has 6 nitrogen and oxygen atoms in total. The van der Waals surface area contributed by atoms with Crippen LogP contribution in [0.5, 0.6) is 0 Å². The van der Waals surface area contributed by atoms with E-state index < -0.39 is 36.9 Å². The third kappa shape index (κ3) is 30.8. The summed E-state index contributed by atoms with van der Waals surface area (Å²) in [4.78, 5) is 12.4. The van der Waals surface area contributed by atoms with Crippen molar-refractivity contribution >= 4 is 5.91 Å². The molecule has 0 aromatic carbocycles. The Hall–Kier alpha value is -0.950. The molecule has 4 unspecified atom stereocenters. The highest BCUT2D eigenvalue weighted by molar-refractivity contribution is 5.80. The Morgan fingerprint density at radius 2 is 0.872 bits per heavy atom. The van der Waals surface area contributed by atoms with Gasteiger partial charge in [0.2, 0.25) is 5.91 Å².